The highest BCUT2D eigenvalue weighted by Gasteiger charge is 2.36. The second kappa shape index (κ2) is 4.50. The topological polar surface area (TPSA) is 29.9 Å². The van der Waals surface area contributed by atoms with Crippen molar-refractivity contribution in [1.29, 1.82) is 0 Å². The van der Waals surface area contributed by atoms with Gasteiger partial charge in [-0.25, -0.2) is 9.37 Å². The minimum Gasteiger partial charge on any atom is -0.356 e. The molecule has 0 amide bonds. The van der Waals surface area contributed by atoms with Crippen LogP contribution in [-0.4, -0.2) is 16.1 Å². The third-order valence-corrected chi connectivity index (χ3v) is 3.32. The van der Waals surface area contributed by atoms with Crippen molar-refractivity contribution in [3.05, 3.63) is 47.5 Å². The van der Waals surface area contributed by atoms with Crippen LogP contribution in [0.25, 0.3) is 0 Å². The summed E-state index contributed by atoms with van der Waals surface area (Å²) in [5.41, 5.74) is -0.593. The zero-order valence-corrected chi connectivity index (χ0v) is 10.3. The van der Waals surface area contributed by atoms with E-state index in [1.54, 1.807) is 18.2 Å². The summed E-state index contributed by atoms with van der Waals surface area (Å²) < 4.78 is 53.3. The Balaban J connectivity index is 2.06. The van der Waals surface area contributed by atoms with Gasteiger partial charge in [0, 0.05) is 18.3 Å². The van der Waals surface area contributed by atoms with E-state index in [1.165, 1.54) is 10.6 Å². The maximum atomic E-state index is 13.8. The van der Waals surface area contributed by atoms with E-state index in [4.69, 9.17) is 0 Å². The van der Waals surface area contributed by atoms with Gasteiger partial charge in [-0.05, 0) is 12.5 Å². The van der Waals surface area contributed by atoms with Crippen LogP contribution in [0.15, 0.2) is 30.5 Å². The molecular formula is C13H11F4N3. The summed E-state index contributed by atoms with van der Waals surface area (Å²) in [4.78, 5) is 3.53. The normalized spacial score (nSPS) is 18.5. The Bertz CT molecular complexity index is 633. The van der Waals surface area contributed by atoms with E-state index in [1.807, 2.05) is 0 Å². The smallest absolute Gasteiger partial charge is 0.356 e. The molecule has 0 saturated heterocycles. The van der Waals surface area contributed by atoms with Gasteiger partial charge in [-0.3, -0.25) is 0 Å². The largest absolute Gasteiger partial charge is 0.434 e. The van der Waals surface area contributed by atoms with E-state index < -0.39 is 23.7 Å². The predicted molar refractivity (Wildman–Crippen MR) is 64.9 cm³/mol. The van der Waals surface area contributed by atoms with Gasteiger partial charge in [-0.15, -0.1) is 0 Å². The second-order valence-corrected chi connectivity index (χ2v) is 4.61. The molecule has 3 rings (SSSR count). The number of anilines is 1. The summed E-state index contributed by atoms with van der Waals surface area (Å²) in [5.74, 6) is -0.301. The molecule has 1 aliphatic heterocycles. The maximum absolute atomic E-state index is 13.8. The van der Waals surface area contributed by atoms with Crippen LogP contribution >= 0.6 is 0 Å². The van der Waals surface area contributed by atoms with E-state index in [2.05, 4.69) is 10.3 Å². The summed E-state index contributed by atoms with van der Waals surface area (Å²) in [5, 5.41) is 2.80. The van der Waals surface area contributed by atoms with E-state index >= 15 is 0 Å². The van der Waals surface area contributed by atoms with Gasteiger partial charge in [0.25, 0.3) is 0 Å². The first-order valence-electron chi connectivity index (χ1n) is 6.11. The van der Waals surface area contributed by atoms with E-state index in [0.29, 0.717) is 18.5 Å². The maximum Gasteiger partial charge on any atom is 0.434 e. The van der Waals surface area contributed by atoms with Crippen molar-refractivity contribution in [2.75, 3.05) is 11.9 Å². The Morgan fingerprint density at radius 2 is 2.00 bits per heavy atom. The van der Waals surface area contributed by atoms with Gasteiger partial charge < -0.3 is 9.88 Å². The van der Waals surface area contributed by atoms with Gasteiger partial charge in [0.2, 0.25) is 5.95 Å². The number of alkyl halides is 3. The lowest BCUT2D eigenvalue weighted by Gasteiger charge is -2.26. The fraction of sp³-hybridized carbons (Fsp3) is 0.308. The zero-order valence-electron chi connectivity index (χ0n) is 10.3. The number of fused-ring (bicyclic) bond motifs is 1. The molecule has 20 heavy (non-hydrogen) atoms. The molecule has 0 spiro atoms. The lowest BCUT2D eigenvalue weighted by molar-refractivity contribution is -0.140. The third-order valence-electron chi connectivity index (χ3n) is 3.32. The lowest BCUT2D eigenvalue weighted by Crippen LogP contribution is -2.24. The SMILES string of the molecule is Fc1ccccc1C1CCNc2nc(C(F)(F)F)cn21. The molecule has 0 saturated carbocycles. The summed E-state index contributed by atoms with van der Waals surface area (Å²) in [7, 11) is 0. The molecular weight excluding hydrogens is 274 g/mol. The summed E-state index contributed by atoms with van der Waals surface area (Å²) in [6.07, 6.45) is -3.08. The summed E-state index contributed by atoms with van der Waals surface area (Å²) in [6, 6.07) is 5.63. The average Bonchev–Trinajstić information content (AvgIpc) is 2.83. The van der Waals surface area contributed by atoms with Gasteiger partial charge in [-0.2, -0.15) is 13.2 Å². The van der Waals surface area contributed by atoms with Crippen LogP contribution in [0.5, 0.6) is 0 Å². The van der Waals surface area contributed by atoms with Gasteiger partial charge in [0.15, 0.2) is 5.69 Å². The highest BCUT2D eigenvalue weighted by atomic mass is 19.4. The number of nitrogens with zero attached hydrogens (tertiary/aromatic N) is 2. The molecule has 0 radical (unpaired) electrons. The zero-order chi connectivity index (χ0) is 14.3. The Morgan fingerprint density at radius 3 is 2.70 bits per heavy atom. The molecule has 2 aromatic rings. The Labute approximate surface area is 112 Å². The quantitative estimate of drug-likeness (QED) is 0.813. The number of hydrogen-bond donors (Lipinski definition) is 1. The number of nitrogens with one attached hydrogen (secondary N) is 1. The van der Waals surface area contributed by atoms with Crippen LogP contribution in [-0.2, 0) is 6.18 Å². The Hall–Kier alpha value is -2.05. The first-order valence-corrected chi connectivity index (χ1v) is 6.11. The average molecular weight is 285 g/mol. The fourth-order valence-corrected chi connectivity index (χ4v) is 2.41. The standard InChI is InChI=1S/C13H11F4N3/c14-9-4-2-1-3-8(9)10-5-6-18-12-19-11(7-20(10)12)13(15,16)17/h1-4,7,10H,5-6H2,(H,18,19). The minimum absolute atomic E-state index is 0.122. The second-order valence-electron chi connectivity index (χ2n) is 4.61. The Morgan fingerprint density at radius 1 is 1.25 bits per heavy atom. The van der Waals surface area contributed by atoms with Gasteiger partial charge in [0.1, 0.15) is 5.82 Å². The van der Waals surface area contributed by atoms with E-state index in [-0.39, 0.29) is 5.95 Å². The lowest BCUT2D eigenvalue weighted by atomic mass is 10.0. The number of imidazole rings is 1. The van der Waals surface area contributed by atoms with Crippen LogP contribution in [0.2, 0.25) is 0 Å². The van der Waals surface area contributed by atoms with Crippen LogP contribution < -0.4 is 5.32 Å². The molecule has 1 aromatic heterocycles. The van der Waals surface area contributed by atoms with Crippen molar-refractivity contribution >= 4 is 5.95 Å². The molecule has 3 nitrogen and oxygen atoms in total. The predicted octanol–water partition coefficient (Wildman–Crippen LogP) is 3.45. The molecule has 1 unspecified atom stereocenters. The fourth-order valence-electron chi connectivity index (χ4n) is 2.41. The molecule has 1 atom stereocenters. The van der Waals surface area contributed by atoms with Crippen molar-refractivity contribution in [1.82, 2.24) is 9.55 Å². The third kappa shape index (κ3) is 2.13. The first-order chi connectivity index (χ1) is 9.47. The van der Waals surface area contributed by atoms with Crippen LogP contribution in [0.3, 0.4) is 0 Å². The molecule has 1 aliphatic rings. The molecule has 0 fully saturated rings. The molecule has 7 heteroatoms. The monoisotopic (exact) mass is 285 g/mol. The van der Waals surface area contributed by atoms with Crippen molar-refractivity contribution in [3.63, 3.8) is 0 Å². The van der Waals surface area contributed by atoms with Gasteiger partial charge >= 0.3 is 6.18 Å². The van der Waals surface area contributed by atoms with Gasteiger partial charge in [-0.1, -0.05) is 18.2 Å². The number of benzene rings is 1. The summed E-state index contributed by atoms with van der Waals surface area (Å²) >= 11 is 0. The number of halogens is 4. The molecule has 1 N–H and O–H groups in total. The summed E-state index contributed by atoms with van der Waals surface area (Å²) in [6.45, 7) is 0.452. The molecule has 0 aliphatic carbocycles. The number of rotatable bonds is 1. The van der Waals surface area contributed by atoms with Crippen molar-refractivity contribution in [2.24, 2.45) is 0 Å². The van der Waals surface area contributed by atoms with E-state index in [0.717, 1.165) is 6.20 Å². The molecule has 2 heterocycles. The molecule has 106 valence electrons. The highest BCUT2D eigenvalue weighted by Crippen LogP contribution is 2.35. The Kier molecular flexibility index (Phi) is 2.92. The number of aromatic nitrogens is 2. The van der Waals surface area contributed by atoms with Crippen molar-refractivity contribution in [2.45, 2.75) is 18.6 Å². The van der Waals surface area contributed by atoms with Crippen LogP contribution in [0.1, 0.15) is 23.7 Å². The minimum atomic E-state index is -4.51. The van der Waals surface area contributed by atoms with E-state index in [9.17, 15) is 17.6 Å². The molecule has 1 aromatic carbocycles. The highest BCUT2D eigenvalue weighted by molar-refractivity contribution is 5.37. The van der Waals surface area contributed by atoms with Crippen molar-refractivity contribution < 1.29 is 17.6 Å². The van der Waals surface area contributed by atoms with Crippen molar-refractivity contribution in [3.8, 4) is 0 Å². The van der Waals surface area contributed by atoms with Crippen LogP contribution in [0.4, 0.5) is 23.5 Å². The first kappa shape index (κ1) is 13.0. The van der Waals surface area contributed by atoms with Gasteiger partial charge in [0.05, 0.1) is 6.04 Å². The number of hydrogen-bond acceptors (Lipinski definition) is 2. The van der Waals surface area contributed by atoms with Crippen LogP contribution in [0, 0.1) is 5.82 Å². The molecule has 0 bridgehead atoms.